The SMILES string of the molecule is [Na].[Se]c1ccccc1-c1ccccc1. The third-order valence-corrected chi connectivity index (χ3v) is 2.72. The number of rotatable bonds is 1. The van der Waals surface area contributed by atoms with Crippen molar-refractivity contribution in [3.63, 3.8) is 0 Å². The fourth-order valence-corrected chi connectivity index (χ4v) is 1.88. The summed E-state index contributed by atoms with van der Waals surface area (Å²) in [6.45, 7) is 0. The molecular formula is C12H9NaSe. The molecule has 0 bridgehead atoms. The molecule has 0 aromatic heterocycles. The van der Waals surface area contributed by atoms with Crippen LogP contribution in [0.1, 0.15) is 0 Å². The summed E-state index contributed by atoms with van der Waals surface area (Å²) in [5.41, 5.74) is 2.53. The Bertz CT molecular complexity index is 398. The van der Waals surface area contributed by atoms with Gasteiger partial charge in [-0.05, 0) is 0 Å². The molecule has 0 saturated carbocycles. The first-order chi connectivity index (χ1) is 6.38. The predicted molar refractivity (Wildman–Crippen MR) is 63.0 cm³/mol. The van der Waals surface area contributed by atoms with E-state index in [1.54, 1.807) is 0 Å². The standard InChI is InChI=1S/C12H9Se.Na/c13-12-9-5-4-8-11(12)10-6-2-1-3-7-10;/h1-9H;. The van der Waals surface area contributed by atoms with Crippen molar-refractivity contribution >= 4 is 50.0 Å². The molecular weight excluding hydrogens is 246 g/mol. The van der Waals surface area contributed by atoms with Crippen LogP contribution in [-0.4, -0.2) is 45.6 Å². The summed E-state index contributed by atoms with van der Waals surface area (Å²) in [7, 11) is 0. The second-order valence-electron chi connectivity index (χ2n) is 2.86. The molecule has 64 valence electrons. The topological polar surface area (TPSA) is 0 Å². The third kappa shape index (κ3) is 2.73. The van der Waals surface area contributed by atoms with Gasteiger partial charge in [0.2, 0.25) is 0 Å². The van der Waals surface area contributed by atoms with Crippen LogP contribution in [0.25, 0.3) is 11.1 Å². The van der Waals surface area contributed by atoms with Gasteiger partial charge in [-0.15, -0.1) is 0 Å². The molecule has 0 nitrogen and oxygen atoms in total. The molecule has 0 unspecified atom stereocenters. The Morgan fingerprint density at radius 3 is 1.93 bits per heavy atom. The van der Waals surface area contributed by atoms with Gasteiger partial charge in [-0.2, -0.15) is 0 Å². The summed E-state index contributed by atoms with van der Waals surface area (Å²) in [5, 5.41) is 0. The zero-order chi connectivity index (χ0) is 9.10. The maximum absolute atomic E-state index is 3.07. The normalized spacial score (nSPS) is 9.14. The van der Waals surface area contributed by atoms with Crippen LogP contribution in [0.2, 0.25) is 0 Å². The Kier molecular flexibility index (Phi) is 4.94. The molecule has 14 heavy (non-hydrogen) atoms. The van der Waals surface area contributed by atoms with Crippen LogP contribution in [0.15, 0.2) is 54.6 Å². The van der Waals surface area contributed by atoms with E-state index in [1.165, 1.54) is 15.6 Å². The van der Waals surface area contributed by atoms with Crippen molar-refractivity contribution in [3.05, 3.63) is 54.6 Å². The average molecular weight is 255 g/mol. The van der Waals surface area contributed by atoms with Gasteiger partial charge in [-0.3, -0.25) is 0 Å². The molecule has 0 saturated heterocycles. The molecule has 0 spiro atoms. The van der Waals surface area contributed by atoms with Crippen molar-refractivity contribution in [3.8, 4) is 11.1 Å². The van der Waals surface area contributed by atoms with Gasteiger partial charge in [-0.1, -0.05) is 0 Å². The van der Waals surface area contributed by atoms with E-state index < -0.39 is 0 Å². The van der Waals surface area contributed by atoms with Gasteiger partial charge in [-0.25, -0.2) is 0 Å². The van der Waals surface area contributed by atoms with E-state index in [4.69, 9.17) is 0 Å². The Morgan fingerprint density at radius 2 is 1.29 bits per heavy atom. The van der Waals surface area contributed by atoms with Gasteiger partial charge in [0.1, 0.15) is 0 Å². The minimum atomic E-state index is 0. The average Bonchev–Trinajstić information content (AvgIpc) is 2.20. The van der Waals surface area contributed by atoms with Crippen LogP contribution in [0.4, 0.5) is 0 Å². The monoisotopic (exact) mass is 256 g/mol. The molecule has 2 heteroatoms. The molecule has 0 N–H and O–H groups in total. The summed E-state index contributed by atoms with van der Waals surface area (Å²) in [6.07, 6.45) is 0. The summed E-state index contributed by atoms with van der Waals surface area (Å²) in [6, 6.07) is 18.7. The van der Waals surface area contributed by atoms with Crippen molar-refractivity contribution in [2.24, 2.45) is 0 Å². The molecule has 0 aliphatic heterocycles. The molecule has 0 aliphatic carbocycles. The van der Waals surface area contributed by atoms with E-state index in [9.17, 15) is 0 Å². The zero-order valence-electron chi connectivity index (χ0n) is 8.10. The Labute approximate surface area is 115 Å². The minimum absolute atomic E-state index is 0. The second-order valence-corrected chi connectivity index (χ2v) is 3.78. The molecule has 0 atom stereocenters. The molecule has 0 heterocycles. The quantitative estimate of drug-likeness (QED) is 0.681. The molecule has 0 fully saturated rings. The van der Waals surface area contributed by atoms with E-state index in [1.807, 2.05) is 12.1 Å². The Morgan fingerprint density at radius 1 is 0.714 bits per heavy atom. The van der Waals surface area contributed by atoms with Gasteiger partial charge in [0.05, 0.1) is 0 Å². The Hall–Kier alpha value is -0.0405. The van der Waals surface area contributed by atoms with E-state index in [0.29, 0.717) is 0 Å². The number of hydrogen-bond donors (Lipinski definition) is 0. The maximum atomic E-state index is 3.07. The van der Waals surface area contributed by atoms with Gasteiger partial charge in [0.15, 0.2) is 0 Å². The molecule has 2 aromatic rings. The molecule has 2 aromatic carbocycles. The molecule has 0 amide bonds. The van der Waals surface area contributed by atoms with Crippen LogP contribution in [0.5, 0.6) is 0 Å². The van der Waals surface area contributed by atoms with Gasteiger partial charge in [0, 0.05) is 29.6 Å². The fourth-order valence-electron chi connectivity index (χ4n) is 1.32. The first-order valence-corrected chi connectivity index (χ1v) is 5.05. The van der Waals surface area contributed by atoms with Crippen LogP contribution < -0.4 is 4.46 Å². The summed E-state index contributed by atoms with van der Waals surface area (Å²) < 4.78 is 1.20. The first kappa shape index (κ1) is 12.0. The van der Waals surface area contributed by atoms with Crippen LogP contribution in [0.3, 0.4) is 0 Å². The van der Waals surface area contributed by atoms with Gasteiger partial charge in [0.25, 0.3) is 0 Å². The molecule has 2 rings (SSSR count). The molecule has 0 aliphatic rings. The van der Waals surface area contributed by atoms with Crippen molar-refractivity contribution in [1.82, 2.24) is 0 Å². The summed E-state index contributed by atoms with van der Waals surface area (Å²) in [5.74, 6) is 0. The van der Waals surface area contributed by atoms with Crippen LogP contribution in [0, 0.1) is 0 Å². The first-order valence-electron chi connectivity index (χ1n) is 4.19. The van der Waals surface area contributed by atoms with Crippen molar-refractivity contribution in [1.29, 1.82) is 0 Å². The second kappa shape index (κ2) is 5.75. The van der Waals surface area contributed by atoms with Gasteiger partial charge >= 0.3 is 86.2 Å². The summed E-state index contributed by atoms with van der Waals surface area (Å²) in [4.78, 5) is 0. The number of hydrogen-bond acceptors (Lipinski definition) is 0. The zero-order valence-corrected chi connectivity index (χ0v) is 11.8. The Balaban J connectivity index is 0.000000980. The third-order valence-electron chi connectivity index (χ3n) is 1.97. The summed E-state index contributed by atoms with van der Waals surface area (Å²) >= 11 is 3.07. The van der Waals surface area contributed by atoms with Crippen molar-refractivity contribution in [2.45, 2.75) is 0 Å². The van der Waals surface area contributed by atoms with E-state index in [0.717, 1.165) is 0 Å². The van der Waals surface area contributed by atoms with E-state index in [-0.39, 0.29) is 29.6 Å². The molecule has 2 radical (unpaired) electrons. The van der Waals surface area contributed by atoms with Crippen molar-refractivity contribution in [2.75, 3.05) is 0 Å². The van der Waals surface area contributed by atoms with Crippen molar-refractivity contribution < 1.29 is 0 Å². The number of benzene rings is 2. The van der Waals surface area contributed by atoms with E-state index in [2.05, 4.69) is 58.5 Å². The predicted octanol–water partition coefficient (Wildman–Crippen LogP) is 1.77. The fraction of sp³-hybridized carbons (Fsp3) is 0. The van der Waals surface area contributed by atoms with Crippen LogP contribution in [-0.2, 0) is 0 Å². The van der Waals surface area contributed by atoms with E-state index >= 15 is 0 Å². The van der Waals surface area contributed by atoms with Crippen LogP contribution >= 0.6 is 0 Å². The van der Waals surface area contributed by atoms with Gasteiger partial charge < -0.3 is 0 Å².